The molecule has 2 rings (SSSR count). The van der Waals surface area contributed by atoms with Gasteiger partial charge in [0.05, 0.1) is 11.3 Å². The number of carboxylic acid groups (broad SMARTS) is 1. The van der Waals surface area contributed by atoms with Gasteiger partial charge >= 0.3 is 5.97 Å². The fourth-order valence-corrected chi connectivity index (χ4v) is 2.06. The van der Waals surface area contributed by atoms with Crippen molar-refractivity contribution in [3.05, 3.63) is 58.1 Å². The molecule has 0 saturated carbocycles. The van der Waals surface area contributed by atoms with Gasteiger partial charge in [0, 0.05) is 17.6 Å². The lowest BCUT2D eigenvalue weighted by Gasteiger charge is -2.07. The van der Waals surface area contributed by atoms with Crippen LogP contribution in [-0.2, 0) is 12.8 Å². The first-order valence-corrected chi connectivity index (χ1v) is 6.80. The van der Waals surface area contributed by atoms with E-state index in [0.717, 1.165) is 12.0 Å². The van der Waals surface area contributed by atoms with Crippen LogP contribution in [0.4, 0.5) is 0 Å². The molecular weight excluding hydrogens is 276 g/mol. The van der Waals surface area contributed by atoms with Gasteiger partial charge in [0.1, 0.15) is 5.82 Å². The first kappa shape index (κ1) is 14.5. The second-order valence-corrected chi connectivity index (χ2v) is 4.94. The second kappa shape index (κ2) is 6.48. The number of carbonyl (C=O) groups is 1. The average Bonchev–Trinajstić information content (AvgIpc) is 2.42. The zero-order valence-corrected chi connectivity index (χ0v) is 11.9. The molecule has 1 aromatic heterocycles. The fourth-order valence-electron chi connectivity index (χ4n) is 1.93. The molecule has 0 saturated heterocycles. The Morgan fingerprint density at radius 3 is 2.60 bits per heavy atom. The molecule has 1 aromatic carbocycles. The van der Waals surface area contributed by atoms with Gasteiger partial charge in [-0.3, -0.25) is 0 Å². The Bertz CT molecular complexity index is 612. The zero-order chi connectivity index (χ0) is 14.5. The Morgan fingerprint density at radius 1 is 1.30 bits per heavy atom. The van der Waals surface area contributed by atoms with E-state index in [1.165, 1.54) is 6.20 Å². The molecule has 0 bridgehead atoms. The van der Waals surface area contributed by atoms with E-state index in [4.69, 9.17) is 16.7 Å². The van der Waals surface area contributed by atoms with Crippen LogP contribution in [0, 0.1) is 0 Å². The fraction of sp³-hybridized carbons (Fsp3) is 0.267. The predicted molar refractivity (Wildman–Crippen MR) is 77.2 cm³/mol. The van der Waals surface area contributed by atoms with E-state index < -0.39 is 5.97 Å². The minimum absolute atomic E-state index is 0.187. The molecule has 0 spiro atoms. The third kappa shape index (κ3) is 3.54. The molecule has 0 radical (unpaired) electrons. The largest absolute Gasteiger partial charge is 0.478 e. The van der Waals surface area contributed by atoms with Crippen molar-refractivity contribution in [1.29, 1.82) is 0 Å². The minimum atomic E-state index is -0.980. The molecule has 4 nitrogen and oxygen atoms in total. The molecule has 104 valence electrons. The number of rotatable bonds is 5. The standard InChI is InChI=1S/C15H15ClN2O2/c1-2-3-13-12(15(19)20)9-17-14(18-13)8-10-4-6-11(16)7-5-10/h4-7,9H,2-3,8H2,1H3,(H,19,20). The monoisotopic (exact) mass is 290 g/mol. The molecule has 20 heavy (non-hydrogen) atoms. The SMILES string of the molecule is CCCc1nc(Cc2ccc(Cl)cc2)ncc1C(=O)O. The third-order valence-corrected chi connectivity index (χ3v) is 3.16. The van der Waals surface area contributed by atoms with Gasteiger partial charge in [-0.25, -0.2) is 14.8 Å². The Balaban J connectivity index is 2.26. The van der Waals surface area contributed by atoms with Crippen LogP contribution in [-0.4, -0.2) is 21.0 Å². The van der Waals surface area contributed by atoms with Crippen LogP contribution in [0.15, 0.2) is 30.5 Å². The molecule has 0 aliphatic carbocycles. The summed E-state index contributed by atoms with van der Waals surface area (Å²) in [5, 5.41) is 9.79. The molecule has 0 fully saturated rings. The van der Waals surface area contributed by atoms with Crippen molar-refractivity contribution in [1.82, 2.24) is 9.97 Å². The Hall–Kier alpha value is -1.94. The third-order valence-electron chi connectivity index (χ3n) is 2.91. The Kier molecular flexibility index (Phi) is 4.69. The number of aryl methyl sites for hydroxylation is 1. The summed E-state index contributed by atoms with van der Waals surface area (Å²) in [7, 11) is 0. The van der Waals surface area contributed by atoms with Crippen molar-refractivity contribution < 1.29 is 9.90 Å². The maximum Gasteiger partial charge on any atom is 0.339 e. The highest BCUT2D eigenvalue weighted by molar-refractivity contribution is 6.30. The molecule has 0 amide bonds. The zero-order valence-electron chi connectivity index (χ0n) is 11.1. The number of aromatic carboxylic acids is 1. The van der Waals surface area contributed by atoms with Crippen molar-refractivity contribution in [2.24, 2.45) is 0 Å². The van der Waals surface area contributed by atoms with Crippen molar-refractivity contribution in [2.75, 3.05) is 0 Å². The normalized spacial score (nSPS) is 10.5. The smallest absolute Gasteiger partial charge is 0.339 e. The van der Waals surface area contributed by atoms with Gasteiger partial charge in [-0.1, -0.05) is 37.1 Å². The minimum Gasteiger partial charge on any atom is -0.478 e. The van der Waals surface area contributed by atoms with Gasteiger partial charge in [0.15, 0.2) is 0 Å². The van der Waals surface area contributed by atoms with Crippen molar-refractivity contribution in [2.45, 2.75) is 26.2 Å². The van der Waals surface area contributed by atoms with E-state index in [9.17, 15) is 4.79 Å². The lowest BCUT2D eigenvalue weighted by molar-refractivity contribution is 0.0694. The van der Waals surface area contributed by atoms with Crippen LogP contribution in [0.2, 0.25) is 5.02 Å². The van der Waals surface area contributed by atoms with Gasteiger partial charge in [-0.05, 0) is 24.1 Å². The number of carboxylic acids is 1. The molecule has 1 heterocycles. The van der Waals surface area contributed by atoms with Crippen LogP contribution in [0.1, 0.15) is 40.8 Å². The molecule has 0 unspecified atom stereocenters. The Morgan fingerprint density at radius 2 is 2.00 bits per heavy atom. The molecule has 0 aliphatic rings. The van der Waals surface area contributed by atoms with E-state index in [1.54, 1.807) is 0 Å². The van der Waals surface area contributed by atoms with Crippen molar-refractivity contribution in [3.63, 3.8) is 0 Å². The highest BCUT2D eigenvalue weighted by atomic mass is 35.5. The van der Waals surface area contributed by atoms with Crippen LogP contribution in [0.25, 0.3) is 0 Å². The van der Waals surface area contributed by atoms with E-state index in [-0.39, 0.29) is 5.56 Å². The molecule has 1 N–H and O–H groups in total. The van der Waals surface area contributed by atoms with E-state index in [1.807, 2.05) is 31.2 Å². The van der Waals surface area contributed by atoms with Gasteiger partial charge in [0.25, 0.3) is 0 Å². The number of aromatic nitrogens is 2. The lowest BCUT2D eigenvalue weighted by Crippen LogP contribution is -2.09. The number of halogens is 1. The summed E-state index contributed by atoms with van der Waals surface area (Å²) in [6, 6.07) is 7.46. The quantitative estimate of drug-likeness (QED) is 0.917. The van der Waals surface area contributed by atoms with Crippen LogP contribution in [0.5, 0.6) is 0 Å². The van der Waals surface area contributed by atoms with Crippen molar-refractivity contribution >= 4 is 17.6 Å². The highest BCUT2D eigenvalue weighted by Gasteiger charge is 2.13. The lowest BCUT2D eigenvalue weighted by atomic mass is 10.1. The van der Waals surface area contributed by atoms with Crippen LogP contribution >= 0.6 is 11.6 Å². The Labute approximate surface area is 122 Å². The number of hydrogen-bond acceptors (Lipinski definition) is 3. The van der Waals surface area contributed by atoms with Crippen LogP contribution < -0.4 is 0 Å². The number of hydrogen-bond donors (Lipinski definition) is 1. The topological polar surface area (TPSA) is 63.1 Å². The van der Waals surface area contributed by atoms with Gasteiger partial charge in [-0.15, -0.1) is 0 Å². The summed E-state index contributed by atoms with van der Waals surface area (Å²) in [4.78, 5) is 19.6. The predicted octanol–water partition coefficient (Wildman–Crippen LogP) is 3.37. The molecule has 5 heteroatoms. The van der Waals surface area contributed by atoms with E-state index in [2.05, 4.69) is 9.97 Å². The molecular formula is C15H15ClN2O2. The van der Waals surface area contributed by atoms with Crippen LogP contribution in [0.3, 0.4) is 0 Å². The van der Waals surface area contributed by atoms with Gasteiger partial charge in [-0.2, -0.15) is 0 Å². The number of benzene rings is 1. The average molecular weight is 291 g/mol. The van der Waals surface area contributed by atoms with Crippen molar-refractivity contribution in [3.8, 4) is 0 Å². The first-order chi connectivity index (χ1) is 9.60. The molecule has 2 aromatic rings. The summed E-state index contributed by atoms with van der Waals surface area (Å²) in [5.41, 5.74) is 1.82. The highest BCUT2D eigenvalue weighted by Crippen LogP contribution is 2.14. The van der Waals surface area contributed by atoms with Gasteiger partial charge in [0.2, 0.25) is 0 Å². The van der Waals surface area contributed by atoms with E-state index >= 15 is 0 Å². The first-order valence-electron chi connectivity index (χ1n) is 6.42. The maximum absolute atomic E-state index is 11.1. The summed E-state index contributed by atoms with van der Waals surface area (Å²) in [6.45, 7) is 1.99. The summed E-state index contributed by atoms with van der Waals surface area (Å²) in [6.07, 6.45) is 3.44. The maximum atomic E-state index is 11.1. The number of nitrogens with zero attached hydrogens (tertiary/aromatic N) is 2. The molecule has 0 atom stereocenters. The molecule has 0 aliphatic heterocycles. The summed E-state index contributed by atoms with van der Waals surface area (Å²) >= 11 is 5.84. The van der Waals surface area contributed by atoms with Gasteiger partial charge < -0.3 is 5.11 Å². The summed E-state index contributed by atoms with van der Waals surface area (Å²) in [5.74, 6) is -0.354. The van der Waals surface area contributed by atoms with E-state index in [0.29, 0.717) is 29.4 Å². The summed E-state index contributed by atoms with van der Waals surface area (Å²) < 4.78 is 0. The second-order valence-electron chi connectivity index (χ2n) is 4.50.